The zero-order chi connectivity index (χ0) is 18.3. The van der Waals surface area contributed by atoms with Crippen molar-refractivity contribution in [1.29, 1.82) is 0 Å². The molecule has 1 aromatic carbocycles. The summed E-state index contributed by atoms with van der Waals surface area (Å²) in [5.41, 5.74) is 0.510. The van der Waals surface area contributed by atoms with Crippen molar-refractivity contribution in [2.45, 2.75) is 26.4 Å². The van der Waals surface area contributed by atoms with E-state index in [0.717, 1.165) is 22.5 Å². The molecule has 26 heavy (non-hydrogen) atoms. The number of benzene rings is 1. The zero-order valence-corrected chi connectivity index (χ0v) is 15.2. The van der Waals surface area contributed by atoms with Crippen LogP contribution in [0.1, 0.15) is 35.0 Å². The minimum absolute atomic E-state index is 0.0372. The molecule has 0 bridgehead atoms. The van der Waals surface area contributed by atoms with Crippen LogP contribution in [-0.2, 0) is 6.54 Å². The minimum atomic E-state index is -0.347. The van der Waals surface area contributed by atoms with Gasteiger partial charge in [0.05, 0.1) is 12.6 Å². The molecule has 0 unspecified atom stereocenters. The van der Waals surface area contributed by atoms with Gasteiger partial charge in [-0.15, -0.1) is 10.2 Å². The highest BCUT2D eigenvalue weighted by Gasteiger charge is 2.30. The number of nitrogens with zero attached hydrogens (tertiary/aromatic N) is 6. The summed E-state index contributed by atoms with van der Waals surface area (Å²) in [7, 11) is 0. The Morgan fingerprint density at radius 1 is 1.27 bits per heavy atom. The molecule has 0 saturated heterocycles. The van der Waals surface area contributed by atoms with Gasteiger partial charge in [-0.05, 0) is 49.6 Å². The van der Waals surface area contributed by atoms with E-state index in [4.69, 9.17) is 0 Å². The second-order valence-electron chi connectivity index (χ2n) is 6.26. The average molecular weight is 372 g/mol. The molecular weight excluding hydrogens is 355 g/mol. The summed E-state index contributed by atoms with van der Waals surface area (Å²) in [5, 5.41) is 9.35. The van der Waals surface area contributed by atoms with E-state index in [1.165, 1.54) is 35.8 Å². The van der Waals surface area contributed by atoms with Gasteiger partial charge in [0, 0.05) is 18.7 Å². The summed E-state index contributed by atoms with van der Waals surface area (Å²) in [6.45, 7) is 5.49. The Bertz CT molecular complexity index is 951. The largest absolute Gasteiger partial charge is 0.306 e. The molecule has 3 aromatic rings. The third-order valence-corrected chi connectivity index (χ3v) is 5.35. The highest BCUT2D eigenvalue weighted by molar-refractivity contribution is 7.09. The van der Waals surface area contributed by atoms with Gasteiger partial charge in [0.1, 0.15) is 11.6 Å². The van der Waals surface area contributed by atoms with Crippen LogP contribution in [0.2, 0.25) is 0 Å². The fourth-order valence-electron chi connectivity index (χ4n) is 3.10. The molecule has 1 aliphatic heterocycles. The van der Waals surface area contributed by atoms with Gasteiger partial charge < -0.3 is 4.57 Å². The molecule has 0 saturated carbocycles. The lowest BCUT2D eigenvalue weighted by molar-refractivity contribution is 0.0864. The summed E-state index contributed by atoms with van der Waals surface area (Å²) >= 11 is 1.31. The number of carbonyl (C=O) groups is 1. The molecule has 7 nitrogen and oxygen atoms in total. The summed E-state index contributed by atoms with van der Waals surface area (Å²) in [5.74, 6) is 1.87. The molecule has 0 N–H and O–H groups in total. The van der Waals surface area contributed by atoms with Crippen LogP contribution in [0.4, 0.5) is 4.39 Å². The van der Waals surface area contributed by atoms with Crippen molar-refractivity contribution in [2.24, 2.45) is 0 Å². The maximum absolute atomic E-state index is 13.0. The predicted octanol–water partition coefficient (Wildman–Crippen LogP) is 2.50. The number of Topliss-reactive ketones (excluding diaryl/α,β-unsaturated/α-hetero) is 1. The van der Waals surface area contributed by atoms with E-state index in [-0.39, 0.29) is 24.2 Å². The van der Waals surface area contributed by atoms with Gasteiger partial charge in [-0.3, -0.25) is 9.69 Å². The molecule has 0 radical (unpaired) electrons. The van der Waals surface area contributed by atoms with Crippen LogP contribution in [0.15, 0.2) is 24.3 Å². The average Bonchev–Trinajstić information content (AvgIpc) is 3.24. The normalized spacial score (nSPS) is 17.3. The van der Waals surface area contributed by atoms with Crippen LogP contribution < -0.4 is 0 Å². The third-order valence-electron chi connectivity index (χ3n) is 4.54. The summed E-state index contributed by atoms with van der Waals surface area (Å²) < 4.78 is 19.3. The fourth-order valence-corrected chi connectivity index (χ4v) is 3.77. The number of ketones is 1. The van der Waals surface area contributed by atoms with Gasteiger partial charge in [0.15, 0.2) is 22.4 Å². The second kappa shape index (κ2) is 6.65. The zero-order valence-electron chi connectivity index (χ0n) is 14.4. The van der Waals surface area contributed by atoms with Crippen molar-refractivity contribution in [1.82, 2.24) is 29.0 Å². The number of aromatic nitrogens is 5. The Balaban J connectivity index is 1.53. The Hall–Kier alpha value is -2.52. The van der Waals surface area contributed by atoms with Crippen molar-refractivity contribution in [3.8, 4) is 10.8 Å². The molecule has 0 spiro atoms. The molecule has 0 fully saturated rings. The van der Waals surface area contributed by atoms with Crippen molar-refractivity contribution in [2.75, 3.05) is 13.1 Å². The van der Waals surface area contributed by atoms with E-state index in [9.17, 15) is 9.18 Å². The van der Waals surface area contributed by atoms with Crippen molar-refractivity contribution < 1.29 is 9.18 Å². The number of rotatable bonds is 4. The monoisotopic (exact) mass is 372 g/mol. The molecule has 4 rings (SSSR count). The highest BCUT2D eigenvalue weighted by atomic mass is 32.1. The minimum Gasteiger partial charge on any atom is -0.306 e. The quantitative estimate of drug-likeness (QED) is 0.655. The Morgan fingerprint density at radius 2 is 2.04 bits per heavy atom. The molecular formula is C17H17FN6OS. The lowest BCUT2D eigenvalue weighted by Crippen LogP contribution is -2.40. The first kappa shape index (κ1) is 16.9. The molecule has 0 aliphatic carbocycles. The molecule has 3 heterocycles. The summed E-state index contributed by atoms with van der Waals surface area (Å²) in [6.07, 6.45) is 0. The van der Waals surface area contributed by atoms with Gasteiger partial charge in [-0.25, -0.2) is 9.37 Å². The molecule has 9 heteroatoms. The van der Waals surface area contributed by atoms with Crippen molar-refractivity contribution >= 4 is 17.3 Å². The number of fused-ring (bicyclic) bond motifs is 1. The van der Waals surface area contributed by atoms with Gasteiger partial charge in [0.25, 0.3) is 0 Å². The molecule has 2 aromatic heterocycles. The van der Waals surface area contributed by atoms with Crippen LogP contribution in [0, 0.1) is 12.7 Å². The maximum atomic E-state index is 13.0. The highest BCUT2D eigenvalue weighted by Crippen LogP contribution is 2.29. The van der Waals surface area contributed by atoms with Crippen molar-refractivity contribution in [3.63, 3.8) is 0 Å². The van der Waals surface area contributed by atoms with Crippen LogP contribution >= 0.6 is 11.5 Å². The van der Waals surface area contributed by atoms with E-state index in [0.29, 0.717) is 18.7 Å². The van der Waals surface area contributed by atoms with Gasteiger partial charge in [0.2, 0.25) is 0 Å². The maximum Gasteiger partial charge on any atom is 0.194 e. The fraction of sp³-hybridized carbons (Fsp3) is 0.353. The number of hydrogen-bond donors (Lipinski definition) is 0. The third kappa shape index (κ3) is 3.04. The summed E-state index contributed by atoms with van der Waals surface area (Å²) in [4.78, 5) is 18.9. The van der Waals surface area contributed by atoms with Crippen LogP contribution in [0.3, 0.4) is 0 Å². The first-order chi connectivity index (χ1) is 12.5. The van der Waals surface area contributed by atoms with E-state index < -0.39 is 0 Å². The van der Waals surface area contributed by atoms with Crippen LogP contribution in [0.25, 0.3) is 10.8 Å². The SMILES string of the molecule is Cc1nsc(-c2nnc3n2CCN(CC(=O)c2ccc(F)cc2)[C@@H]3C)n1. The lowest BCUT2D eigenvalue weighted by Gasteiger charge is -2.32. The molecule has 0 amide bonds. The smallest absolute Gasteiger partial charge is 0.194 e. The van der Waals surface area contributed by atoms with Gasteiger partial charge in [-0.1, -0.05) is 0 Å². The number of aryl methyl sites for hydroxylation is 1. The first-order valence-electron chi connectivity index (χ1n) is 8.29. The number of hydrogen-bond acceptors (Lipinski definition) is 7. The predicted molar refractivity (Wildman–Crippen MR) is 94.4 cm³/mol. The molecule has 1 atom stereocenters. The van der Waals surface area contributed by atoms with E-state index in [2.05, 4.69) is 24.5 Å². The van der Waals surface area contributed by atoms with Gasteiger partial charge >= 0.3 is 0 Å². The van der Waals surface area contributed by atoms with E-state index >= 15 is 0 Å². The Kier molecular flexibility index (Phi) is 4.33. The number of halogens is 1. The second-order valence-corrected chi connectivity index (χ2v) is 7.01. The van der Waals surface area contributed by atoms with E-state index in [1.54, 1.807) is 0 Å². The Labute approximate surface area is 153 Å². The van der Waals surface area contributed by atoms with E-state index in [1.807, 2.05) is 18.4 Å². The van der Waals surface area contributed by atoms with Crippen molar-refractivity contribution in [3.05, 3.63) is 47.3 Å². The summed E-state index contributed by atoms with van der Waals surface area (Å²) in [6, 6.07) is 5.60. The standard InChI is InChI=1S/C17H17FN6OS/c1-10-15-20-21-16(17-19-11(2)22-26-17)24(15)8-7-23(10)9-14(25)12-3-5-13(18)6-4-12/h3-6,10H,7-9H2,1-2H3/t10-/m1/s1. The van der Waals surface area contributed by atoms with Crippen LogP contribution in [0.5, 0.6) is 0 Å². The lowest BCUT2D eigenvalue weighted by atomic mass is 10.1. The first-order valence-corrected chi connectivity index (χ1v) is 9.07. The molecule has 1 aliphatic rings. The number of carbonyl (C=O) groups excluding carboxylic acids is 1. The van der Waals surface area contributed by atoms with Crippen LogP contribution in [-0.4, -0.2) is 47.9 Å². The molecule has 134 valence electrons. The topological polar surface area (TPSA) is 76.8 Å². The Morgan fingerprint density at radius 3 is 2.73 bits per heavy atom. The van der Waals surface area contributed by atoms with Gasteiger partial charge in [-0.2, -0.15) is 4.37 Å².